The van der Waals surface area contributed by atoms with Gasteiger partial charge in [-0.1, -0.05) is 18.2 Å². The summed E-state index contributed by atoms with van der Waals surface area (Å²) in [6.07, 6.45) is 1.00. The molecule has 1 unspecified atom stereocenters. The summed E-state index contributed by atoms with van der Waals surface area (Å²) in [4.78, 5) is 15.3. The van der Waals surface area contributed by atoms with Gasteiger partial charge in [0.15, 0.2) is 5.78 Å². The monoisotopic (exact) mass is 273 g/mol. The zero-order valence-corrected chi connectivity index (χ0v) is 12.4. The van der Waals surface area contributed by atoms with Crippen LogP contribution < -0.4 is 4.90 Å². The first-order valence-corrected chi connectivity index (χ1v) is 7.32. The van der Waals surface area contributed by atoms with Crippen molar-refractivity contribution in [2.75, 3.05) is 11.9 Å². The third-order valence-electron chi connectivity index (χ3n) is 3.40. The lowest BCUT2D eigenvalue weighted by Gasteiger charge is -2.28. The second-order valence-corrected chi connectivity index (χ2v) is 5.85. The normalized spacial score (nSPS) is 12.2. The fourth-order valence-electron chi connectivity index (χ4n) is 2.17. The summed E-state index contributed by atoms with van der Waals surface area (Å²) in [5.41, 5.74) is 1.81. The van der Waals surface area contributed by atoms with Crippen molar-refractivity contribution < 1.29 is 4.79 Å². The summed E-state index contributed by atoms with van der Waals surface area (Å²) >= 11 is 1.78. The summed E-state index contributed by atoms with van der Waals surface area (Å²) in [6, 6.07) is 12.4. The summed E-state index contributed by atoms with van der Waals surface area (Å²) in [5.74, 6) is 0.116. The van der Waals surface area contributed by atoms with E-state index in [-0.39, 0.29) is 5.78 Å². The van der Waals surface area contributed by atoms with Crippen LogP contribution in [0.2, 0.25) is 0 Å². The first-order valence-electron chi connectivity index (χ1n) is 6.44. The molecule has 19 heavy (non-hydrogen) atoms. The minimum atomic E-state index is 0.116. The van der Waals surface area contributed by atoms with E-state index >= 15 is 0 Å². The maximum Gasteiger partial charge on any atom is 0.161 e. The van der Waals surface area contributed by atoms with Crippen LogP contribution >= 0.6 is 11.3 Å². The topological polar surface area (TPSA) is 20.3 Å². The molecule has 0 spiro atoms. The maximum absolute atomic E-state index is 11.7. The quantitative estimate of drug-likeness (QED) is 0.767. The van der Waals surface area contributed by atoms with Crippen molar-refractivity contribution in [3.63, 3.8) is 0 Å². The fourth-order valence-corrected chi connectivity index (χ4v) is 3.00. The Morgan fingerprint density at radius 2 is 2.00 bits per heavy atom. The van der Waals surface area contributed by atoms with Crippen LogP contribution in [-0.4, -0.2) is 18.9 Å². The highest BCUT2D eigenvalue weighted by atomic mass is 32.1. The number of hydrogen-bond donors (Lipinski definition) is 0. The summed E-state index contributed by atoms with van der Waals surface area (Å²) < 4.78 is 0. The minimum absolute atomic E-state index is 0.116. The van der Waals surface area contributed by atoms with Gasteiger partial charge in [0, 0.05) is 35.6 Å². The molecule has 0 saturated carbocycles. The van der Waals surface area contributed by atoms with Gasteiger partial charge in [-0.15, -0.1) is 11.3 Å². The van der Waals surface area contributed by atoms with Gasteiger partial charge in [0.05, 0.1) is 0 Å². The first kappa shape index (κ1) is 13.8. The second-order valence-electron chi connectivity index (χ2n) is 4.82. The molecule has 2 aromatic rings. The maximum atomic E-state index is 11.7. The molecule has 1 aromatic heterocycles. The number of benzene rings is 1. The number of Topliss-reactive ketones (excluding diaryl/α,β-unsaturated/α-hetero) is 1. The summed E-state index contributed by atoms with van der Waals surface area (Å²) in [7, 11) is 2.06. The van der Waals surface area contributed by atoms with Crippen LogP contribution in [0.4, 0.5) is 5.69 Å². The van der Waals surface area contributed by atoms with Gasteiger partial charge in [-0.05, 0) is 37.4 Å². The first-order chi connectivity index (χ1) is 9.09. The van der Waals surface area contributed by atoms with Crippen LogP contribution in [0.25, 0.3) is 0 Å². The average molecular weight is 273 g/mol. The number of anilines is 1. The number of likely N-dealkylation sites (N-methyl/N-ethyl adjacent to an activating group) is 1. The number of carbonyl (C=O) groups excluding carboxylic acids is 1. The molecule has 0 fully saturated rings. The van der Waals surface area contributed by atoms with Crippen LogP contribution in [0.3, 0.4) is 0 Å². The van der Waals surface area contributed by atoms with Gasteiger partial charge in [0.25, 0.3) is 0 Å². The van der Waals surface area contributed by atoms with Crippen LogP contribution in [0, 0.1) is 0 Å². The Labute approximate surface area is 118 Å². The van der Waals surface area contributed by atoms with Crippen molar-refractivity contribution in [2.45, 2.75) is 26.3 Å². The molecule has 2 rings (SSSR count). The number of ketones is 1. The predicted octanol–water partition coefficient (Wildman–Crippen LogP) is 4.02. The minimum Gasteiger partial charge on any atom is -0.371 e. The van der Waals surface area contributed by atoms with E-state index in [2.05, 4.69) is 36.4 Å². The van der Waals surface area contributed by atoms with Gasteiger partial charge >= 0.3 is 0 Å². The molecule has 100 valence electrons. The number of thiophene rings is 1. The van der Waals surface area contributed by atoms with E-state index in [4.69, 9.17) is 0 Å². The Morgan fingerprint density at radius 3 is 2.63 bits per heavy atom. The van der Waals surface area contributed by atoms with E-state index in [0.29, 0.717) is 6.04 Å². The van der Waals surface area contributed by atoms with Crippen LogP contribution in [0.15, 0.2) is 41.8 Å². The molecule has 0 saturated heterocycles. The van der Waals surface area contributed by atoms with Gasteiger partial charge in [-0.2, -0.15) is 0 Å². The largest absolute Gasteiger partial charge is 0.371 e. The zero-order valence-electron chi connectivity index (χ0n) is 11.6. The van der Waals surface area contributed by atoms with Crippen LogP contribution in [0.5, 0.6) is 0 Å². The average Bonchev–Trinajstić information content (AvgIpc) is 2.90. The third kappa shape index (κ3) is 3.24. The van der Waals surface area contributed by atoms with Crippen molar-refractivity contribution >= 4 is 22.8 Å². The van der Waals surface area contributed by atoms with Crippen molar-refractivity contribution in [3.8, 4) is 0 Å². The molecule has 0 radical (unpaired) electrons. The molecular formula is C16H19NOS. The van der Waals surface area contributed by atoms with E-state index < -0.39 is 0 Å². The Kier molecular flexibility index (Phi) is 4.38. The fraction of sp³-hybridized carbons (Fsp3) is 0.312. The molecule has 0 aliphatic carbocycles. The van der Waals surface area contributed by atoms with E-state index in [1.165, 1.54) is 4.88 Å². The standard InChI is InChI=1S/C16H19NOS/c1-12(11-14-7-6-10-19-14)17(3)16-9-5-4-8-15(16)13(2)18/h4-10,12H,11H2,1-3H3. The highest BCUT2D eigenvalue weighted by Crippen LogP contribution is 2.23. The molecule has 0 bridgehead atoms. The van der Waals surface area contributed by atoms with Gasteiger partial charge in [-0.3, -0.25) is 4.79 Å². The van der Waals surface area contributed by atoms with Crippen LogP contribution in [0.1, 0.15) is 29.1 Å². The molecule has 0 amide bonds. The Bertz CT molecular complexity index is 548. The molecule has 1 heterocycles. The highest BCUT2D eigenvalue weighted by molar-refractivity contribution is 7.09. The molecule has 0 N–H and O–H groups in total. The van der Waals surface area contributed by atoms with Crippen molar-refractivity contribution in [1.29, 1.82) is 0 Å². The number of carbonyl (C=O) groups is 1. The summed E-state index contributed by atoms with van der Waals surface area (Å²) in [5, 5.41) is 2.10. The van der Waals surface area contributed by atoms with Gasteiger partial charge in [-0.25, -0.2) is 0 Å². The molecule has 1 aromatic carbocycles. The number of rotatable bonds is 5. The number of hydrogen-bond acceptors (Lipinski definition) is 3. The van der Waals surface area contributed by atoms with E-state index in [0.717, 1.165) is 17.7 Å². The van der Waals surface area contributed by atoms with E-state index in [1.54, 1.807) is 18.3 Å². The third-order valence-corrected chi connectivity index (χ3v) is 4.30. The van der Waals surface area contributed by atoms with Gasteiger partial charge in [0.2, 0.25) is 0 Å². The lowest BCUT2D eigenvalue weighted by molar-refractivity contribution is 0.101. The zero-order chi connectivity index (χ0) is 13.8. The van der Waals surface area contributed by atoms with Crippen molar-refractivity contribution in [1.82, 2.24) is 0 Å². The smallest absolute Gasteiger partial charge is 0.161 e. The van der Waals surface area contributed by atoms with Crippen molar-refractivity contribution in [3.05, 3.63) is 52.2 Å². The Hall–Kier alpha value is -1.61. The van der Waals surface area contributed by atoms with Crippen molar-refractivity contribution in [2.24, 2.45) is 0 Å². The predicted molar refractivity (Wildman–Crippen MR) is 82.3 cm³/mol. The van der Waals surface area contributed by atoms with E-state index in [1.807, 2.05) is 24.3 Å². The highest BCUT2D eigenvalue weighted by Gasteiger charge is 2.16. The molecule has 0 aliphatic heterocycles. The number of para-hydroxylation sites is 1. The van der Waals surface area contributed by atoms with Gasteiger partial charge < -0.3 is 4.90 Å². The molecule has 2 nitrogen and oxygen atoms in total. The molecule has 3 heteroatoms. The second kappa shape index (κ2) is 6.02. The number of nitrogens with zero attached hydrogens (tertiary/aromatic N) is 1. The Morgan fingerprint density at radius 1 is 1.26 bits per heavy atom. The van der Waals surface area contributed by atoms with Gasteiger partial charge in [0.1, 0.15) is 0 Å². The van der Waals surface area contributed by atoms with Crippen LogP contribution in [-0.2, 0) is 6.42 Å². The SMILES string of the molecule is CC(=O)c1ccccc1N(C)C(C)Cc1cccs1. The summed E-state index contributed by atoms with van der Waals surface area (Å²) in [6.45, 7) is 3.81. The molecule has 0 aliphatic rings. The van der Waals surface area contributed by atoms with E-state index in [9.17, 15) is 4.79 Å². The lowest BCUT2D eigenvalue weighted by Crippen LogP contribution is -2.31. The molecule has 1 atom stereocenters. The molecular weight excluding hydrogens is 254 g/mol. The Balaban J connectivity index is 2.19. The lowest BCUT2D eigenvalue weighted by atomic mass is 10.1.